The van der Waals surface area contributed by atoms with Crippen molar-refractivity contribution in [3.8, 4) is 0 Å². The highest BCUT2D eigenvalue weighted by molar-refractivity contribution is 7.98. The van der Waals surface area contributed by atoms with Crippen molar-refractivity contribution < 1.29 is 9.90 Å². The summed E-state index contributed by atoms with van der Waals surface area (Å²) in [5.74, 6) is -0.373. The fourth-order valence-electron chi connectivity index (χ4n) is 2.30. The second-order valence-corrected chi connectivity index (χ2v) is 5.59. The molecule has 0 radical (unpaired) electrons. The topological polar surface area (TPSA) is 92.2 Å². The van der Waals surface area contributed by atoms with E-state index in [0.717, 1.165) is 0 Å². The smallest absolute Gasteiger partial charge is 0.335 e. The number of carboxylic acid groups (broad SMARTS) is 1. The molecular formula is C14H16N2O4S. The molecule has 1 atom stereocenters. The Morgan fingerprint density at radius 1 is 1.43 bits per heavy atom. The number of H-pyrrole nitrogens is 1. The van der Waals surface area contributed by atoms with Crippen LogP contribution in [0.4, 0.5) is 0 Å². The van der Waals surface area contributed by atoms with Crippen molar-refractivity contribution in [2.24, 2.45) is 0 Å². The predicted octanol–water partition coefficient (Wildman–Crippen LogP) is 1.70. The van der Waals surface area contributed by atoms with Gasteiger partial charge in [0.15, 0.2) is 0 Å². The van der Waals surface area contributed by atoms with Gasteiger partial charge in [0.25, 0.3) is 0 Å². The Kier molecular flexibility index (Phi) is 4.52. The lowest BCUT2D eigenvalue weighted by Crippen LogP contribution is -2.39. The van der Waals surface area contributed by atoms with Gasteiger partial charge in [0.2, 0.25) is 0 Å². The van der Waals surface area contributed by atoms with Gasteiger partial charge in [-0.3, -0.25) is 14.2 Å². The first kappa shape index (κ1) is 15.4. The predicted molar refractivity (Wildman–Crippen MR) is 83.5 cm³/mol. The number of benzene rings is 1. The summed E-state index contributed by atoms with van der Waals surface area (Å²) in [6.45, 7) is 1.95. The molecular weight excluding hydrogens is 292 g/mol. The summed E-state index contributed by atoms with van der Waals surface area (Å²) in [4.78, 5) is 37.5. The Labute approximate surface area is 124 Å². The van der Waals surface area contributed by atoms with Gasteiger partial charge in [0.1, 0.15) is 0 Å². The van der Waals surface area contributed by atoms with Crippen LogP contribution in [-0.2, 0) is 0 Å². The lowest BCUT2D eigenvalue weighted by Gasteiger charge is -2.19. The van der Waals surface area contributed by atoms with Crippen LogP contribution in [0.2, 0.25) is 0 Å². The van der Waals surface area contributed by atoms with Crippen LogP contribution in [0.5, 0.6) is 0 Å². The van der Waals surface area contributed by atoms with Crippen LogP contribution in [0.15, 0.2) is 27.8 Å². The molecule has 0 amide bonds. The zero-order chi connectivity index (χ0) is 15.6. The fourth-order valence-corrected chi connectivity index (χ4v) is 3.07. The number of fused-ring (bicyclic) bond motifs is 1. The number of carbonyl (C=O) groups is 1. The quantitative estimate of drug-likeness (QED) is 0.820. The molecule has 1 unspecified atom stereocenters. The van der Waals surface area contributed by atoms with Crippen molar-refractivity contribution in [3.05, 3.63) is 44.5 Å². The highest BCUT2D eigenvalue weighted by Crippen LogP contribution is 2.20. The van der Waals surface area contributed by atoms with Gasteiger partial charge < -0.3 is 10.1 Å². The van der Waals surface area contributed by atoms with Crippen LogP contribution >= 0.6 is 11.8 Å². The maximum absolute atomic E-state index is 12.2. The zero-order valence-corrected chi connectivity index (χ0v) is 12.6. The number of aromatic amines is 1. The lowest BCUT2D eigenvalue weighted by molar-refractivity contribution is 0.0697. The first-order chi connectivity index (χ1) is 9.99. The number of thioether (sulfide) groups is 1. The van der Waals surface area contributed by atoms with Crippen molar-refractivity contribution in [3.63, 3.8) is 0 Å². The number of rotatable bonds is 5. The van der Waals surface area contributed by atoms with Gasteiger partial charge in [-0.25, -0.2) is 4.79 Å². The Hall–Kier alpha value is -2.02. The van der Waals surface area contributed by atoms with Gasteiger partial charge in [0, 0.05) is 11.8 Å². The minimum atomic E-state index is -1.08. The molecule has 0 aliphatic heterocycles. The van der Waals surface area contributed by atoms with Gasteiger partial charge in [-0.1, -0.05) is 6.92 Å². The van der Waals surface area contributed by atoms with E-state index in [0.29, 0.717) is 23.2 Å². The van der Waals surface area contributed by atoms with E-state index in [-0.39, 0.29) is 11.6 Å². The molecule has 1 heterocycles. The molecule has 2 aromatic rings. The molecule has 1 aromatic carbocycles. The molecule has 0 aliphatic carbocycles. The average Bonchev–Trinajstić information content (AvgIpc) is 2.46. The van der Waals surface area contributed by atoms with E-state index in [2.05, 4.69) is 4.98 Å². The fraction of sp³-hybridized carbons (Fsp3) is 0.357. The third-order valence-corrected chi connectivity index (χ3v) is 4.08. The van der Waals surface area contributed by atoms with E-state index in [4.69, 9.17) is 5.11 Å². The minimum absolute atomic E-state index is 0.0706. The molecule has 0 fully saturated rings. The standard InChI is InChI=1S/C14H16N2O4S/c1-3-9(7-21-2)16-11-5-4-8(14(19)20)6-10(11)15-12(17)13(16)18/h4-6,9H,3,7H2,1-2H3,(H,15,17)(H,19,20). The number of carboxylic acids is 1. The second-order valence-electron chi connectivity index (χ2n) is 4.68. The molecule has 0 bridgehead atoms. The molecule has 0 spiro atoms. The van der Waals surface area contributed by atoms with Crippen molar-refractivity contribution in [1.29, 1.82) is 0 Å². The second kappa shape index (κ2) is 6.17. The number of aromatic nitrogens is 2. The normalized spacial score (nSPS) is 12.5. The summed E-state index contributed by atoms with van der Waals surface area (Å²) in [6.07, 6.45) is 2.64. The molecule has 112 valence electrons. The van der Waals surface area contributed by atoms with Crippen molar-refractivity contribution in [2.45, 2.75) is 19.4 Å². The SMILES string of the molecule is CCC(CSC)n1c(=O)c(=O)[nH]c2cc(C(=O)O)ccc21. The van der Waals surface area contributed by atoms with E-state index in [1.54, 1.807) is 17.8 Å². The van der Waals surface area contributed by atoms with Crippen LogP contribution in [-0.4, -0.2) is 32.6 Å². The number of hydrogen-bond donors (Lipinski definition) is 2. The first-order valence-corrected chi connectivity index (χ1v) is 7.89. The summed E-state index contributed by atoms with van der Waals surface area (Å²) in [7, 11) is 0. The van der Waals surface area contributed by atoms with Gasteiger partial charge in [-0.2, -0.15) is 11.8 Å². The Morgan fingerprint density at radius 3 is 2.71 bits per heavy atom. The van der Waals surface area contributed by atoms with E-state index in [1.807, 2.05) is 13.2 Å². The summed E-state index contributed by atoms with van der Waals surface area (Å²) < 4.78 is 1.47. The average molecular weight is 308 g/mol. The number of nitrogens with zero attached hydrogens (tertiary/aromatic N) is 1. The van der Waals surface area contributed by atoms with Crippen LogP contribution in [0.3, 0.4) is 0 Å². The molecule has 21 heavy (non-hydrogen) atoms. The van der Waals surface area contributed by atoms with Crippen molar-refractivity contribution >= 4 is 28.8 Å². The molecule has 1 aromatic heterocycles. The number of aromatic carboxylic acids is 1. The summed E-state index contributed by atoms with van der Waals surface area (Å²) in [5.41, 5.74) is -0.359. The molecule has 0 saturated heterocycles. The highest BCUT2D eigenvalue weighted by atomic mass is 32.2. The maximum Gasteiger partial charge on any atom is 0.335 e. The highest BCUT2D eigenvalue weighted by Gasteiger charge is 2.16. The molecule has 0 saturated carbocycles. The lowest BCUT2D eigenvalue weighted by atomic mass is 10.1. The molecule has 2 rings (SSSR count). The minimum Gasteiger partial charge on any atom is -0.478 e. The Bertz CT molecular complexity index is 794. The molecule has 7 heteroatoms. The van der Waals surface area contributed by atoms with Crippen LogP contribution in [0.1, 0.15) is 29.7 Å². The van der Waals surface area contributed by atoms with Crippen molar-refractivity contribution in [2.75, 3.05) is 12.0 Å². The van der Waals surface area contributed by atoms with Gasteiger partial charge in [-0.05, 0) is 30.9 Å². The Morgan fingerprint density at radius 2 is 2.14 bits per heavy atom. The van der Waals surface area contributed by atoms with Crippen LogP contribution in [0.25, 0.3) is 11.0 Å². The van der Waals surface area contributed by atoms with E-state index in [1.165, 1.54) is 16.7 Å². The summed E-state index contributed by atoms with van der Waals surface area (Å²) >= 11 is 1.59. The molecule has 2 N–H and O–H groups in total. The molecule has 0 aliphatic rings. The number of hydrogen-bond acceptors (Lipinski definition) is 4. The van der Waals surface area contributed by atoms with Gasteiger partial charge in [0.05, 0.1) is 16.6 Å². The van der Waals surface area contributed by atoms with Crippen molar-refractivity contribution in [1.82, 2.24) is 9.55 Å². The largest absolute Gasteiger partial charge is 0.478 e. The summed E-state index contributed by atoms with van der Waals surface area (Å²) in [6, 6.07) is 4.28. The van der Waals surface area contributed by atoms with Crippen LogP contribution in [0, 0.1) is 0 Å². The van der Waals surface area contributed by atoms with E-state index < -0.39 is 17.1 Å². The number of nitrogens with one attached hydrogen (secondary N) is 1. The third kappa shape index (κ3) is 2.87. The van der Waals surface area contributed by atoms with Gasteiger partial charge >= 0.3 is 17.1 Å². The molecule has 6 nitrogen and oxygen atoms in total. The summed E-state index contributed by atoms with van der Waals surface area (Å²) in [5, 5.41) is 9.01. The first-order valence-electron chi connectivity index (χ1n) is 6.50. The third-order valence-electron chi connectivity index (χ3n) is 3.36. The van der Waals surface area contributed by atoms with E-state index >= 15 is 0 Å². The van der Waals surface area contributed by atoms with Crippen LogP contribution < -0.4 is 11.1 Å². The van der Waals surface area contributed by atoms with Gasteiger partial charge in [-0.15, -0.1) is 0 Å². The zero-order valence-electron chi connectivity index (χ0n) is 11.8. The monoisotopic (exact) mass is 308 g/mol. The Balaban J connectivity index is 2.79. The van der Waals surface area contributed by atoms with E-state index in [9.17, 15) is 14.4 Å². The maximum atomic E-state index is 12.2.